The summed E-state index contributed by atoms with van der Waals surface area (Å²) < 4.78 is 44.6. The lowest BCUT2D eigenvalue weighted by molar-refractivity contribution is -0.122. The Morgan fingerprint density at radius 2 is 1.89 bits per heavy atom. The summed E-state index contributed by atoms with van der Waals surface area (Å²) in [6.07, 6.45) is 1.06. The molecule has 0 aliphatic carbocycles. The van der Waals surface area contributed by atoms with Crippen LogP contribution in [0.15, 0.2) is 48.5 Å². The predicted octanol–water partition coefficient (Wildman–Crippen LogP) is 4.42. The number of sulfone groups is 1. The monoisotopic (exact) mass is 515 g/mol. The largest absolute Gasteiger partial charge is 0.380 e. The van der Waals surface area contributed by atoms with Gasteiger partial charge in [-0.1, -0.05) is 45.0 Å². The second-order valence-corrected chi connectivity index (χ2v) is 12.3. The molecule has 194 valence electrons. The molecule has 0 spiro atoms. The molecular weight excluding hydrogens is 481 g/mol. The fraction of sp³-hybridized carbons (Fsp3) is 0.407. The highest BCUT2D eigenvalue weighted by Crippen LogP contribution is 2.25. The van der Waals surface area contributed by atoms with Crippen molar-refractivity contribution < 1.29 is 22.3 Å². The fourth-order valence-corrected chi connectivity index (χ4v) is 4.59. The van der Waals surface area contributed by atoms with E-state index in [-0.39, 0.29) is 29.2 Å². The van der Waals surface area contributed by atoms with Crippen LogP contribution in [0.25, 0.3) is 5.69 Å². The molecule has 0 bridgehead atoms. The molecule has 3 rings (SSSR count). The second kappa shape index (κ2) is 10.9. The maximum absolute atomic E-state index is 14.5. The number of carbonyl (C=O) groups excluding carboxylic acids is 1. The van der Waals surface area contributed by atoms with E-state index in [1.165, 1.54) is 12.1 Å². The quantitative estimate of drug-likeness (QED) is 0.456. The van der Waals surface area contributed by atoms with Crippen LogP contribution in [0.4, 0.5) is 4.39 Å². The first kappa shape index (κ1) is 27.5. The van der Waals surface area contributed by atoms with E-state index in [9.17, 15) is 17.6 Å². The standard InChI is InChI=1S/C27H34FN3O4S/c1-18(20-10-11-21(24(28)13-20)17-36(6,33)34)26(32)29-15-23-14-25(27(2,3)4)30-31(23)22-9-7-8-19(12-22)16-35-5/h7-14,18H,15-17H2,1-6H3,(H,29,32). The van der Waals surface area contributed by atoms with Gasteiger partial charge in [-0.2, -0.15) is 5.10 Å². The van der Waals surface area contributed by atoms with Crippen molar-refractivity contribution in [2.75, 3.05) is 13.4 Å². The third kappa shape index (κ3) is 7.01. The zero-order valence-electron chi connectivity index (χ0n) is 21.6. The Kier molecular flexibility index (Phi) is 8.36. The molecular formula is C27H34FN3O4S. The molecule has 0 aliphatic heterocycles. The number of hydrogen-bond acceptors (Lipinski definition) is 5. The molecule has 1 N–H and O–H groups in total. The van der Waals surface area contributed by atoms with Crippen LogP contribution in [0.1, 0.15) is 61.7 Å². The lowest BCUT2D eigenvalue weighted by Gasteiger charge is -2.15. The van der Waals surface area contributed by atoms with Gasteiger partial charge in [-0.15, -0.1) is 0 Å². The van der Waals surface area contributed by atoms with Gasteiger partial charge in [0.2, 0.25) is 5.91 Å². The van der Waals surface area contributed by atoms with Gasteiger partial charge < -0.3 is 10.1 Å². The lowest BCUT2D eigenvalue weighted by atomic mass is 9.92. The van der Waals surface area contributed by atoms with Gasteiger partial charge in [0.05, 0.1) is 41.9 Å². The maximum atomic E-state index is 14.5. The summed E-state index contributed by atoms with van der Waals surface area (Å²) in [5, 5.41) is 7.75. The van der Waals surface area contributed by atoms with Crippen molar-refractivity contribution in [3.8, 4) is 5.69 Å². The molecule has 1 aromatic heterocycles. The molecule has 0 fully saturated rings. The number of hydrogen-bond donors (Lipinski definition) is 1. The van der Waals surface area contributed by atoms with Gasteiger partial charge in [0.25, 0.3) is 0 Å². The summed E-state index contributed by atoms with van der Waals surface area (Å²) in [7, 11) is -1.72. The van der Waals surface area contributed by atoms with Gasteiger partial charge in [-0.05, 0) is 42.3 Å². The first-order valence-corrected chi connectivity index (χ1v) is 13.8. The summed E-state index contributed by atoms with van der Waals surface area (Å²) in [5.74, 6) is -1.93. The van der Waals surface area contributed by atoms with Gasteiger partial charge in [-0.3, -0.25) is 4.79 Å². The number of aromatic nitrogens is 2. The average Bonchev–Trinajstić information content (AvgIpc) is 3.23. The SMILES string of the molecule is COCc1cccc(-n2nc(C(C)(C)C)cc2CNC(=O)C(C)c2ccc(CS(C)(=O)=O)c(F)c2)c1. The molecule has 2 aromatic carbocycles. The molecule has 9 heteroatoms. The van der Waals surface area contributed by atoms with Crippen LogP contribution in [0, 0.1) is 5.82 Å². The Labute approximate surface area is 212 Å². The fourth-order valence-electron chi connectivity index (χ4n) is 3.79. The number of nitrogens with zero attached hydrogens (tertiary/aromatic N) is 2. The second-order valence-electron chi connectivity index (χ2n) is 10.1. The Bertz CT molecular complexity index is 1340. The molecule has 36 heavy (non-hydrogen) atoms. The van der Waals surface area contributed by atoms with Crippen LogP contribution >= 0.6 is 0 Å². The molecule has 0 radical (unpaired) electrons. The van der Waals surface area contributed by atoms with E-state index in [0.717, 1.165) is 28.9 Å². The van der Waals surface area contributed by atoms with Gasteiger partial charge in [-0.25, -0.2) is 17.5 Å². The average molecular weight is 516 g/mol. The minimum atomic E-state index is -3.36. The van der Waals surface area contributed by atoms with Crippen LogP contribution in [-0.4, -0.2) is 37.5 Å². The third-order valence-corrected chi connectivity index (χ3v) is 6.68. The van der Waals surface area contributed by atoms with Gasteiger partial charge in [0.1, 0.15) is 5.82 Å². The van der Waals surface area contributed by atoms with Crippen molar-refractivity contribution in [3.05, 3.63) is 82.4 Å². The number of rotatable bonds is 9. The molecule has 1 amide bonds. The maximum Gasteiger partial charge on any atom is 0.227 e. The zero-order chi connectivity index (χ0) is 26.7. The molecule has 1 heterocycles. The van der Waals surface area contributed by atoms with Gasteiger partial charge in [0, 0.05) is 24.3 Å². The summed E-state index contributed by atoms with van der Waals surface area (Å²) in [4.78, 5) is 13.0. The molecule has 1 unspecified atom stereocenters. The smallest absolute Gasteiger partial charge is 0.227 e. The van der Waals surface area contributed by atoms with Crippen molar-refractivity contribution in [3.63, 3.8) is 0 Å². The number of halogens is 1. The Balaban J connectivity index is 1.81. The molecule has 7 nitrogen and oxygen atoms in total. The molecule has 0 aliphatic rings. The molecule has 3 aromatic rings. The Hall–Kier alpha value is -3.04. The highest BCUT2D eigenvalue weighted by molar-refractivity contribution is 7.89. The van der Waals surface area contributed by atoms with Crippen LogP contribution in [0.2, 0.25) is 0 Å². The number of methoxy groups -OCH3 is 1. The highest BCUT2D eigenvalue weighted by atomic mass is 32.2. The molecule has 1 atom stereocenters. The topological polar surface area (TPSA) is 90.3 Å². The Morgan fingerprint density at radius 1 is 1.17 bits per heavy atom. The van der Waals surface area contributed by atoms with Crippen molar-refractivity contribution in [1.29, 1.82) is 0 Å². The predicted molar refractivity (Wildman–Crippen MR) is 138 cm³/mol. The number of amides is 1. The summed E-state index contributed by atoms with van der Waals surface area (Å²) >= 11 is 0. The van der Waals surface area contributed by atoms with Crippen LogP contribution in [0.3, 0.4) is 0 Å². The van der Waals surface area contributed by atoms with Crippen LogP contribution < -0.4 is 5.32 Å². The molecule has 0 saturated carbocycles. The normalized spacial score (nSPS) is 13.0. The minimum absolute atomic E-state index is 0.0863. The first-order valence-electron chi connectivity index (χ1n) is 11.7. The van der Waals surface area contributed by atoms with E-state index in [2.05, 4.69) is 26.1 Å². The number of carbonyl (C=O) groups is 1. The number of benzene rings is 2. The minimum Gasteiger partial charge on any atom is -0.380 e. The van der Waals surface area contributed by atoms with Crippen LogP contribution in [0.5, 0.6) is 0 Å². The van der Waals surface area contributed by atoms with Crippen molar-refractivity contribution in [1.82, 2.24) is 15.1 Å². The Morgan fingerprint density at radius 3 is 2.50 bits per heavy atom. The lowest BCUT2D eigenvalue weighted by Crippen LogP contribution is -2.28. The summed E-state index contributed by atoms with van der Waals surface area (Å²) in [6, 6.07) is 14.1. The van der Waals surface area contributed by atoms with E-state index < -0.39 is 21.6 Å². The van der Waals surface area contributed by atoms with E-state index in [4.69, 9.17) is 9.84 Å². The summed E-state index contributed by atoms with van der Waals surface area (Å²) in [5.41, 5.74) is 3.94. The van der Waals surface area contributed by atoms with Crippen LogP contribution in [-0.2, 0) is 43.7 Å². The van der Waals surface area contributed by atoms with Crippen molar-refractivity contribution in [2.45, 2.75) is 57.9 Å². The highest BCUT2D eigenvalue weighted by Gasteiger charge is 2.22. The first-order chi connectivity index (χ1) is 16.8. The zero-order valence-corrected chi connectivity index (χ0v) is 22.4. The van der Waals surface area contributed by atoms with Gasteiger partial charge in [0.15, 0.2) is 9.84 Å². The third-order valence-electron chi connectivity index (χ3n) is 5.85. The van der Waals surface area contributed by atoms with Crippen molar-refractivity contribution in [2.24, 2.45) is 0 Å². The van der Waals surface area contributed by atoms with E-state index >= 15 is 0 Å². The van der Waals surface area contributed by atoms with E-state index in [1.54, 1.807) is 20.1 Å². The number of nitrogens with one attached hydrogen (secondary N) is 1. The molecule has 0 saturated heterocycles. The number of ether oxygens (including phenoxy) is 1. The summed E-state index contributed by atoms with van der Waals surface area (Å²) in [6.45, 7) is 8.63. The van der Waals surface area contributed by atoms with Gasteiger partial charge >= 0.3 is 0 Å². The van der Waals surface area contributed by atoms with Crippen molar-refractivity contribution >= 4 is 15.7 Å². The van der Waals surface area contributed by atoms with E-state index in [0.29, 0.717) is 12.2 Å². The van der Waals surface area contributed by atoms with E-state index in [1.807, 2.05) is 35.0 Å².